The van der Waals surface area contributed by atoms with Gasteiger partial charge in [-0.3, -0.25) is 9.59 Å². The molecule has 0 radical (unpaired) electrons. The van der Waals surface area contributed by atoms with Crippen molar-refractivity contribution in [3.63, 3.8) is 0 Å². The minimum absolute atomic E-state index is 0.0259. The highest BCUT2D eigenvalue weighted by atomic mass is 16.4. The van der Waals surface area contributed by atoms with E-state index in [1.807, 2.05) is 12.2 Å². The Labute approximate surface area is 125 Å². The van der Waals surface area contributed by atoms with Gasteiger partial charge < -0.3 is 10.4 Å². The molecule has 3 saturated carbocycles. The summed E-state index contributed by atoms with van der Waals surface area (Å²) in [7, 11) is 0. The van der Waals surface area contributed by atoms with Gasteiger partial charge in [-0.1, -0.05) is 18.6 Å². The van der Waals surface area contributed by atoms with Gasteiger partial charge in [0.2, 0.25) is 5.91 Å². The molecule has 7 atom stereocenters. The van der Waals surface area contributed by atoms with Crippen LogP contribution in [-0.4, -0.2) is 23.5 Å². The van der Waals surface area contributed by atoms with Crippen molar-refractivity contribution in [2.75, 3.05) is 6.54 Å². The van der Waals surface area contributed by atoms with E-state index in [2.05, 4.69) is 5.32 Å². The van der Waals surface area contributed by atoms with Gasteiger partial charge in [0.05, 0.1) is 11.8 Å². The highest BCUT2D eigenvalue weighted by Gasteiger charge is 2.51. The van der Waals surface area contributed by atoms with Crippen LogP contribution in [0.4, 0.5) is 0 Å². The van der Waals surface area contributed by atoms with Crippen molar-refractivity contribution >= 4 is 11.9 Å². The van der Waals surface area contributed by atoms with E-state index in [9.17, 15) is 14.7 Å². The Morgan fingerprint density at radius 2 is 1.81 bits per heavy atom. The SMILES string of the molecule is O=C(O)[C@@H]1C2C=CC(C2)[C@@H]1C(=O)NCC1CC2CCC1C2. The number of carboxylic acid groups (broad SMARTS) is 1. The fraction of sp³-hybridized carbons (Fsp3) is 0.765. The Bertz CT molecular complexity index is 500. The van der Waals surface area contributed by atoms with E-state index in [1.165, 1.54) is 25.7 Å². The van der Waals surface area contributed by atoms with Gasteiger partial charge in [0.1, 0.15) is 0 Å². The van der Waals surface area contributed by atoms with Crippen molar-refractivity contribution in [2.24, 2.45) is 41.4 Å². The summed E-state index contributed by atoms with van der Waals surface area (Å²) in [5, 5.41) is 12.5. The number of rotatable bonds is 4. The Morgan fingerprint density at radius 1 is 1.05 bits per heavy atom. The van der Waals surface area contributed by atoms with Crippen molar-refractivity contribution in [1.82, 2.24) is 5.32 Å². The second-order valence-electron chi connectivity index (χ2n) is 7.52. The highest BCUT2D eigenvalue weighted by molar-refractivity contribution is 5.86. The number of amides is 1. The Morgan fingerprint density at radius 3 is 2.43 bits per heavy atom. The summed E-state index contributed by atoms with van der Waals surface area (Å²) in [6.45, 7) is 0.754. The zero-order valence-corrected chi connectivity index (χ0v) is 12.2. The molecule has 21 heavy (non-hydrogen) atoms. The minimum Gasteiger partial charge on any atom is -0.481 e. The smallest absolute Gasteiger partial charge is 0.307 e. The van der Waals surface area contributed by atoms with E-state index < -0.39 is 11.9 Å². The van der Waals surface area contributed by atoms with Gasteiger partial charge in [0.25, 0.3) is 0 Å². The first-order valence-electron chi connectivity index (χ1n) is 8.32. The Kier molecular flexibility index (Phi) is 3.09. The number of hydrogen-bond donors (Lipinski definition) is 2. The van der Waals surface area contributed by atoms with Crippen LogP contribution < -0.4 is 5.32 Å². The van der Waals surface area contributed by atoms with Crippen LogP contribution in [0.5, 0.6) is 0 Å². The zero-order chi connectivity index (χ0) is 14.6. The van der Waals surface area contributed by atoms with Gasteiger partial charge in [0.15, 0.2) is 0 Å². The lowest BCUT2D eigenvalue weighted by atomic mass is 9.82. The number of nitrogens with one attached hydrogen (secondary N) is 1. The van der Waals surface area contributed by atoms with Crippen LogP contribution in [0.1, 0.15) is 32.1 Å². The first-order chi connectivity index (χ1) is 10.1. The molecule has 4 nitrogen and oxygen atoms in total. The number of carbonyl (C=O) groups excluding carboxylic acids is 1. The van der Waals surface area contributed by atoms with Gasteiger partial charge in [0, 0.05) is 6.54 Å². The molecule has 4 heteroatoms. The summed E-state index contributed by atoms with van der Waals surface area (Å²) in [6.07, 6.45) is 10.2. The number of allylic oxidation sites excluding steroid dienone is 2. The summed E-state index contributed by atoms with van der Waals surface area (Å²) in [4.78, 5) is 24.0. The first kappa shape index (κ1) is 13.4. The standard InChI is InChI=1S/C17H23NO3/c19-16(18-8-13-6-9-1-2-10(13)5-9)14-11-3-4-12(7-11)15(14)17(20)21/h3-4,9-15H,1-2,5-8H2,(H,18,19)(H,20,21)/t9?,10?,11?,12?,13?,14-,15+/m0/s1. The molecule has 0 spiro atoms. The molecule has 2 N–H and O–H groups in total. The Balaban J connectivity index is 1.38. The lowest BCUT2D eigenvalue weighted by Crippen LogP contribution is -2.42. The largest absolute Gasteiger partial charge is 0.481 e. The summed E-state index contributed by atoms with van der Waals surface area (Å²) in [5.41, 5.74) is 0. The summed E-state index contributed by atoms with van der Waals surface area (Å²) in [6, 6.07) is 0. The Hall–Kier alpha value is -1.32. The van der Waals surface area contributed by atoms with Gasteiger partial charge in [-0.2, -0.15) is 0 Å². The molecule has 4 aliphatic rings. The van der Waals surface area contributed by atoms with Crippen molar-refractivity contribution in [3.05, 3.63) is 12.2 Å². The highest BCUT2D eigenvalue weighted by Crippen LogP contribution is 2.49. The van der Waals surface area contributed by atoms with E-state index in [4.69, 9.17) is 0 Å². The zero-order valence-electron chi connectivity index (χ0n) is 12.2. The lowest BCUT2D eigenvalue weighted by molar-refractivity contribution is -0.147. The normalized spacial score (nSPS) is 46.2. The second kappa shape index (κ2) is 4.85. The van der Waals surface area contributed by atoms with Crippen LogP contribution in [-0.2, 0) is 9.59 Å². The second-order valence-corrected chi connectivity index (χ2v) is 7.52. The van der Waals surface area contributed by atoms with Crippen molar-refractivity contribution in [3.8, 4) is 0 Å². The third-order valence-corrected chi connectivity index (χ3v) is 6.47. The van der Waals surface area contributed by atoms with Gasteiger partial charge in [-0.05, 0) is 55.3 Å². The summed E-state index contributed by atoms with van der Waals surface area (Å²) in [5.74, 6) is 0.802. The lowest BCUT2D eigenvalue weighted by Gasteiger charge is -2.26. The van der Waals surface area contributed by atoms with E-state index in [0.717, 1.165) is 24.8 Å². The van der Waals surface area contributed by atoms with E-state index in [0.29, 0.717) is 5.92 Å². The van der Waals surface area contributed by atoms with Crippen molar-refractivity contribution < 1.29 is 14.7 Å². The van der Waals surface area contributed by atoms with Crippen LogP contribution in [0.3, 0.4) is 0 Å². The molecule has 114 valence electrons. The fourth-order valence-corrected chi connectivity index (χ4v) is 5.49. The molecule has 0 aromatic carbocycles. The minimum atomic E-state index is -0.813. The van der Waals surface area contributed by atoms with Crippen molar-refractivity contribution in [1.29, 1.82) is 0 Å². The van der Waals surface area contributed by atoms with E-state index in [1.54, 1.807) is 0 Å². The van der Waals surface area contributed by atoms with Gasteiger partial charge in [-0.15, -0.1) is 0 Å². The molecule has 5 unspecified atom stereocenters. The topological polar surface area (TPSA) is 66.4 Å². The molecule has 3 fully saturated rings. The van der Waals surface area contributed by atoms with Crippen LogP contribution >= 0.6 is 0 Å². The number of fused-ring (bicyclic) bond motifs is 4. The number of carboxylic acids is 1. The molecular formula is C17H23NO3. The first-order valence-corrected chi connectivity index (χ1v) is 8.32. The third-order valence-electron chi connectivity index (χ3n) is 6.47. The molecule has 4 aliphatic carbocycles. The quantitative estimate of drug-likeness (QED) is 0.779. The maximum absolute atomic E-state index is 12.5. The predicted molar refractivity (Wildman–Crippen MR) is 77.3 cm³/mol. The van der Waals surface area contributed by atoms with E-state index in [-0.39, 0.29) is 23.7 Å². The average molecular weight is 289 g/mol. The number of aliphatic carboxylic acids is 1. The maximum atomic E-state index is 12.5. The predicted octanol–water partition coefficient (Wildman–Crippen LogP) is 2.06. The fourth-order valence-electron chi connectivity index (χ4n) is 5.49. The molecule has 0 aromatic rings. The summed E-state index contributed by atoms with van der Waals surface area (Å²) < 4.78 is 0. The van der Waals surface area contributed by atoms with Crippen LogP contribution in [0.15, 0.2) is 12.2 Å². The molecule has 4 rings (SSSR count). The van der Waals surface area contributed by atoms with Crippen LogP contribution in [0, 0.1) is 41.4 Å². The number of carbonyl (C=O) groups is 2. The molecule has 0 heterocycles. The molecule has 0 saturated heterocycles. The summed E-state index contributed by atoms with van der Waals surface area (Å²) >= 11 is 0. The molecular weight excluding hydrogens is 266 g/mol. The van der Waals surface area contributed by atoms with Crippen LogP contribution in [0.2, 0.25) is 0 Å². The maximum Gasteiger partial charge on any atom is 0.307 e. The van der Waals surface area contributed by atoms with E-state index >= 15 is 0 Å². The van der Waals surface area contributed by atoms with Gasteiger partial charge >= 0.3 is 5.97 Å². The molecule has 1 amide bonds. The third kappa shape index (κ3) is 2.11. The molecule has 0 aliphatic heterocycles. The monoisotopic (exact) mass is 289 g/mol. The van der Waals surface area contributed by atoms with Crippen molar-refractivity contribution in [2.45, 2.75) is 32.1 Å². The number of hydrogen-bond acceptors (Lipinski definition) is 2. The van der Waals surface area contributed by atoms with Gasteiger partial charge in [-0.25, -0.2) is 0 Å². The van der Waals surface area contributed by atoms with Crippen LogP contribution in [0.25, 0.3) is 0 Å². The average Bonchev–Trinajstić information content (AvgIpc) is 3.21. The molecule has 4 bridgehead atoms. The molecule has 0 aromatic heterocycles.